The molecule has 1 amide bonds. The second-order valence-corrected chi connectivity index (χ2v) is 12.2. The van der Waals surface area contributed by atoms with E-state index in [1.807, 2.05) is 14.1 Å². The summed E-state index contributed by atoms with van der Waals surface area (Å²) in [6, 6.07) is 0. The van der Waals surface area contributed by atoms with Crippen molar-refractivity contribution in [3.05, 3.63) is 0 Å². The van der Waals surface area contributed by atoms with Crippen LogP contribution in [0, 0.1) is 5.92 Å². The first-order chi connectivity index (χ1) is 17.6. The molecule has 0 aromatic heterocycles. The van der Waals surface area contributed by atoms with E-state index in [0.717, 1.165) is 18.8 Å². The number of carbonyl (C=O) groups excluding carboxylic acids is 1. The van der Waals surface area contributed by atoms with Crippen molar-refractivity contribution in [2.24, 2.45) is 5.92 Å². The molecule has 1 atom stereocenters. The van der Waals surface area contributed by atoms with Gasteiger partial charge in [-0.2, -0.15) is 0 Å². The minimum atomic E-state index is 0.277. The van der Waals surface area contributed by atoms with Crippen molar-refractivity contribution in [2.75, 3.05) is 14.1 Å². The maximum absolute atomic E-state index is 11.5. The molecule has 0 heterocycles. The normalized spacial score (nSPS) is 12.2. The molecule has 216 valence electrons. The van der Waals surface area contributed by atoms with Gasteiger partial charge in [0.1, 0.15) is 0 Å². The largest absolute Gasteiger partial charge is 0.349 e. The van der Waals surface area contributed by atoms with Crippen molar-refractivity contribution in [2.45, 2.75) is 194 Å². The monoisotopic (exact) mass is 508 g/mol. The molecular formula is C34H69NO. The smallest absolute Gasteiger partial charge is 0.222 e. The average molecular weight is 508 g/mol. The van der Waals surface area contributed by atoms with Crippen LogP contribution in [0.5, 0.6) is 0 Å². The molecule has 0 saturated heterocycles. The molecule has 0 aliphatic heterocycles. The lowest BCUT2D eigenvalue weighted by atomic mass is 9.95. The van der Waals surface area contributed by atoms with Crippen molar-refractivity contribution < 1.29 is 4.79 Å². The molecule has 0 spiro atoms. The fourth-order valence-corrected chi connectivity index (χ4v) is 5.42. The number of carbonyl (C=O) groups is 1. The van der Waals surface area contributed by atoms with Crippen LogP contribution in [-0.2, 0) is 4.79 Å². The fourth-order valence-electron chi connectivity index (χ4n) is 5.42. The van der Waals surface area contributed by atoms with Gasteiger partial charge in [0, 0.05) is 20.5 Å². The van der Waals surface area contributed by atoms with Crippen LogP contribution in [-0.4, -0.2) is 24.9 Å². The van der Waals surface area contributed by atoms with Gasteiger partial charge in [-0.05, 0) is 12.3 Å². The van der Waals surface area contributed by atoms with Gasteiger partial charge in [0.2, 0.25) is 5.91 Å². The predicted octanol–water partition coefficient (Wildman–Crippen LogP) is 11.7. The summed E-state index contributed by atoms with van der Waals surface area (Å²) in [6.45, 7) is 4.79. The predicted molar refractivity (Wildman–Crippen MR) is 163 cm³/mol. The molecule has 0 aliphatic rings. The van der Waals surface area contributed by atoms with Crippen LogP contribution >= 0.6 is 0 Å². The van der Waals surface area contributed by atoms with Gasteiger partial charge in [0.15, 0.2) is 0 Å². The van der Waals surface area contributed by atoms with E-state index >= 15 is 0 Å². The van der Waals surface area contributed by atoms with E-state index in [-0.39, 0.29) is 5.91 Å². The van der Waals surface area contributed by atoms with Gasteiger partial charge in [-0.3, -0.25) is 4.79 Å². The van der Waals surface area contributed by atoms with Crippen molar-refractivity contribution in [3.63, 3.8) is 0 Å². The first-order valence-electron chi connectivity index (χ1n) is 16.8. The summed E-state index contributed by atoms with van der Waals surface area (Å²) in [4.78, 5) is 13.2. The third-order valence-corrected chi connectivity index (χ3v) is 8.14. The zero-order chi connectivity index (χ0) is 26.5. The van der Waals surface area contributed by atoms with Crippen LogP contribution in [0.1, 0.15) is 194 Å². The van der Waals surface area contributed by atoms with E-state index in [2.05, 4.69) is 13.8 Å². The van der Waals surface area contributed by atoms with Crippen LogP contribution in [0.4, 0.5) is 0 Å². The average Bonchev–Trinajstić information content (AvgIpc) is 2.86. The van der Waals surface area contributed by atoms with E-state index in [1.165, 1.54) is 167 Å². The molecule has 1 unspecified atom stereocenters. The number of unbranched alkanes of at least 4 members (excludes halogenated alkanes) is 23. The first-order valence-corrected chi connectivity index (χ1v) is 16.8. The van der Waals surface area contributed by atoms with Crippen molar-refractivity contribution in [3.8, 4) is 0 Å². The third-order valence-electron chi connectivity index (χ3n) is 8.14. The number of nitrogens with zero attached hydrogens (tertiary/aromatic N) is 1. The number of hydrogen-bond acceptors (Lipinski definition) is 1. The van der Waals surface area contributed by atoms with Crippen LogP contribution < -0.4 is 0 Å². The van der Waals surface area contributed by atoms with E-state index < -0.39 is 0 Å². The molecule has 36 heavy (non-hydrogen) atoms. The lowest BCUT2D eigenvalue weighted by Crippen LogP contribution is -2.20. The Kier molecular flexibility index (Phi) is 28.6. The van der Waals surface area contributed by atoms with Gasteiger partial charge in [-0.15, -0.1) is 0 Å². The molecule has 0 aromatic rings. The maximum Gasteiger partial charge on any atom is 0.222 e. The second kappa shape index (κ2) is 29.0. The molecule has 0 N–H and O–H groups in total. The van der Waals surface area contributed by atoms with E-state index in [0.29, 0.717) is 0 Å². The summed E-state index contributed by atoms with van der Waals surface area (Å²) in [5.41, 5.74) is 0. The molecule has 0 aliphatic carbocycles. The van der Waals surface area contributed by atoms with Gasteiger partial charge in [0.25, 0.3) is 0 Å². The van der Waals surface area contributed by atoms with Crippen LogP contribution in [0.3, 0.4) is 0 Å². The zero-order valence-electron chi connectivity index (χ0n) is 25.7. The van der Waals surface area contributed by atoms with Gasteiger partial charge < -0.3 is 4.90 Å². The summed E-state index contributed by atoms with van der Waals surface area (Å²) in [6.07, 6.45) is 39.0. The Morgan fingerprint density at radius 1 is 0.472 bits per heavy atom. The SMILES string of the molecule is CCCCCCCCCCCCCCC(C)CCCCCCCCCCCCCCCC(=O)N(C)C. The van der Waals surface area contributed by atoms with E-state index in [4.69, 9.17) is 0 Å². The molecule has 0 aromatic carbocycles. The summed E-state index contributed by atoms with van der Waals surface area (Å²) < 4.78 is 0. The lowest BCUT2D eigenvalue weighted by Gasteiger charge is -2.11. The quantitative estimate of drug-likeness (QED) is 0.0921. The van der Waals surface area contributed by atoms with Crippen LogP contribution in [0.25, 0.3) is 0 Å². The molecule has 0 radical (unpaired) electrons. The maximum atomic E-state index is 11.5. The van der Waals surface area contributed by atoms with Crippen molar-refractivity contribution in [1.29, 1.82) is 0 Å². The Labute approximate surface area is 229 Å². The van der Waals surface area contributed by atoms with Gasteiger partial charge in [0.05, 0.1) is 0 Å². The Bertz CT molecular complexity index is 433. The summed E-state index contributed by atoms with van der Waals surface area (Å²) in [5.74, 6) is 1.22. The summed E-state index contributed by atoms with van der Waals surface area (Å²) >= 11 is 0. The van der Waals surface area contributed by atoms with E-state index in [9.17, 15) is 4.79 Å². The Hall–Kier alpha value is -0.530. The zero-order valence-corrected chi connectivity index (χ0v) is 25.7. The highest BCUT2D eigenvalue weighted by molar-refractivity contribution is 5.75. The molecule has 0 fully saturated rings. The van der Waals surface area contributed by atoms with Gasteiger partial charge in [-0.1, -0.05) is 181 Å². The van der Waals surface area contributed by atoms with Gasteiger partial charge >= 0.3 is 0 Å². The Morgan fingerprint density at radius 3 is 1.06 bits per heavy atom. The number of hydrogen-bond donors (Lipinski definition) is 0. The van der Waals surface area contributed by atoms with Gasteiger partial charge in [-0.25, -0.2) is 0 Å². The topological polar surface area (TPSA) is 20.3 Å². The van der Waals surface area contributed by atoms with Crippen molar-refractivity contribution >= 4 is 5.91 Å². The fraction of sp³-hybridized carbons (Fsp3) is 0.971. The molecule has 2 heteroatoms. The minimum absolute atomic E-state index is 0.277. The van der Waals surface area contributed by atoms with E-state index in [1.54, 1.807) is 4.90 Å². The third kappa shape index (κ3) is 28.0. The molecule has 2 nitrogen and oxygen atoms in total. The minimum Gasteiger partial charge on any atom is -0.349 e. The number of amides is 1. The highest BCUT2D eigenvalue weighted by Gasteiger charge is 2.03. The molecule has 0 bridgehead atoms. The van der Waals surface area contributed by atoms with Crippen LogP contribution in [0.2, 0.25) is 0 Å². The summed E-state index contributed by atoms with van der Waals surface area (Å²) in [5, 5.41) is 0. The number of rotatable bonds is 29. The highest BCUT2D eigenvalue weighted by Crippen LogP contribution is 2.19. The second-order valence-electron chi connectivity index (χ2n) is 12.2. The standard InChI is InChI=1S/C34H69NO/c1-5-6-7-8-9-10-11-15-18-21-24-27-30-33(2)31-28-25-22-19-16-13-12-14-17-20-23-26-29-32-34(36)35(3)4/h33H,5-32H2,1-4H3. The molecular weight excluding hydrogens is 438 g/mol. The van der Waals surface area contributed by atoms with Crippen molar-refractivity contribution in [1.82, 2.24) is 4.90 Å². The molecule has 0 rings (SSSR count). The Morgan fingerprint density at radius 2 is 0.750 bits per heavy atom. The Balaban J connectivity index is 3.18. The molecule has 0 saturated carbocycles. The lowest BCUT2D eigenvalue weighted by molar-refractivity contribution is -0.128. The highest BCUT2D eigenvalue weighted by atomic mass is 16.2. The first kappa shape index (κ1) is 35.5. The summed E-state index contributed by atoms with van der Waals surface area (Å²) in [7, 11) is 3.70. The van der Waals surface area contributed by atoms with Crippen LogP contribution in [0.15, 0.2) is 0 Å².